The van der Waals surface area contributed by atoms with Gasteiger partial charge in [-0.2, -0.15) is 24.1 Å². The number of ether oxygens (including phenoxy) is 1. The summed E-state index contributed by atoms with van der Waals surface area (Å²) in [6.07, 6.45) is 4.77. The molecule has 7 heteroatoms. The van der Waals surface area contributed by atoms with Crippen molar-refractivity contribution in [1.29, 1.82) is 0 Å². The van der Waals surface area contributed by atoms with Gasteiger partial charge in [0.1, 0.15) is 12.4 Å². The standard InChI is InChI=1S/C34H36F3NO2S/c1-33(2)19-27-30(28(39)20-33)29(24-10-7-11-26(18-24)41-16-5-6-17-41)32(31(38-27)23-8-3-4-9-23)40-21-22-12-14-25(15-13-22)34(35,36)37/h5-7,10-18,23,28,39,41H,3-4,8-9,19-21H2,1-2H3. The lowest BCUT2D eigenvalue weighted by molar-refractivity contribution is -0.137. The number of halogens is 3. The van der Waals surface area contributed by atoms with Gasteiger partial charge in [-0.05, 0) is 82.2 Å². The Morgan fingerprint density at radius 2 is 1.73 bits per heavy atom. The molecule has 0 amide bonds. The van der Waals surface area contributed by atoms with Crippen molar-refractivity contribution in [3.05, 3.63) is 99.6 Å². The number of aromatic nitrogens is 1. The van der Waals surface area contributed by atoms with Gasteiger partial charge in [-0.15, -0.1) is 0 Å². The second-order valence-electron chi connectivity index (χ2n) is 12.2. The summed E-state index contributed by atoms with van der Waals surface area (Å²) >= 11 is 0. The molecule has 2 aromatic carbocycles. The summed E-state index contributed by atoms with van der Waals surface area (Å²) < 4.78 is 46.1. The number of thiol groups is 1. The van der Waals surface area contributed by atoms with Gasteiger partial charge >= 0.3 is 6.18 Å². The van der Waals surface area contributed by atoms with Gasteiger partial charge in [0.2, 0.25) is 0 Å². The van der Waals surface area contributed by atoms with Crippen LogP contribution in [-0.4, -0.2) is 10.1 Å². The monoisotopic (exact) mass is 579 g/mol. The van der Waals surface area contributed by atoms with Gasteiger partial charge in [0.25, 0.3) is 0 Å². The Morgan fingerprint density at radius 1 is 1.02 bits per heavy atom. The number of rotatable bonds is 6. The summed E-state index contributed by atoms with van der Waals surface area (Å²) in [4.78, 5) is 6.45. The molecule has 0 saturated heterocycles. The first kappa shape index (κ1) is 28.1. The number of hydrogen-bond donors (Lipinski definition) is 2. The molecule has 1 aliphatic heterocycles. The third kappa shape index (κ3) is 5.84. The van der Waals surface area contributed by atoms with Gasteiger partial charge in [0.15, 0.2) is 0 Å². The Balaban J connectivity index is 1.50. The molecule has 3 nitrogen and oxygen atoms in total. The molecular formula is C34H36F3NO2S. The quantitative estimate of drug-likeness (QED) is 0.286. The van der Waals surface area contributed by atoms with Crippen molar-refractivity contribution in [2.24, 2.45) is 5.41 Å². The zero-order valence-corrected chi connectivity index (χ0v) is 24.3. The number of aliphatic hydroxyl groups excluding tert-OH is 1. The van der Waals surface area contributed by atoms with Crippen molar-refractivity contribution >= 4 is 10.9 Å². The number of aliphatic hydroxyl groups is 1. The highest BCUT2D eigenvalue weighted by atomic mass is 32.2. The van der Waals surface area contributed by atoms with Crippen LogP contribution in [0.2, 0.25) is 0 Å². The average molecular weight is 580 g/mol. The van der Waals surface area contributed by atoms with E-state index in [1.807, 2.05) is 0 Å². The third-order valence-electron chi connectivity index (χ3n) is 8.46. The lowest BCUT2D eigenvalue weighted by Crippen LogP contribution is -2.28. The Bertz CT molecular complexity index is 1480. The molecule has 2 aliphatic carbocycles. The minimum absolute atomic E-state index is 0.0866. The van der Waals surface area contributed by atoms with Crippen LogP contribution in [0.1, 0.15) is 86.1 Å². The van der Waals surface area contributed by atoms with E-state index < -0.39 is 28.7 Å². The first-order valence-corrected chi connectivity index (χ1v) is 15.8. The molecule has 1 saturated carbocycles. The van der Waals surface area contributed by atoms with Crippen LogP contribution in [0.25, 0.3) is 11.1 Å². The SMILES string of the molecule is CC1(C)Cc2nc(C3CCCC3)c(OCc3ccc(C(F)(F)F)cc3)c(-c3cccc([SH]4C=CC=C4)c3)c2C(O)C1. The molecule has 3 aromatic rings. The maximum absolute atomic E-state index is 13.2. The largest absolute Gasteiger partial charge is 0.486 e. The highest BCUT2D eigenvalue weighted by Gasteiger charge is 2.38. The fourth-order valence-electron chi connectivity index (χ4n) is 6.48. The number of allylic oxidation sites excluding steroid dienone is 2. The Kier molecular flexibility index (Phi) is 7.53. The average Bonchev–Trinajstić information content (AvgIpc) is 3.66. The molecular weight excluding hydrogens is 543 g/mol. The van der Waals surface area contributed by atoms with Gasteiger partial charge in [-0.1, -0.05) is 63.1 Å². The van der Waals surface area contributed by atoms with Crippen molar-refractivity contribution in [3.63, 3.8) is 0 Å². The Morgan fingerprint density at radius 3 is 2.41 bits per heavy atom. The second-order valence-corrected chi connectivity index (χ2v) is 14.2. The molecule has 2 heterocycles. The first-order chi connectivity index (χ1) is 19.6. The molecule has 3 aliphatic rings. The van der Waals surface area contributed by atoms with Crippen molar-refractivity contribution in [2.75, 3.05) is 0 Å². The van der Waals surface area contributed by atoms with Crippen molar-refractivity contribution in [1.82, 2.24) is 4.98 Å². The number of benzene rings is 2. The van der Waals surface area contributed by atoms with Crippen LogP contribution in [0.15, 0.2) is 76.4 Å². The first-order valence-electron chi connectivity index (χ1n) is 14.4. The smallest absolute Gasteiger partial charge is 0.416 e. The van der Waals surface area contributed by atoms with Gasteiger partial charge in [-0.25, -0.2) is 0 Å². The molecule has 41 heavy (non-hydrogen) atoms. The van der Waals surface area contributed by atoms with E-state index in [0.29, 0.717) is 17.7 Å². The molecule has 1 unspecified atom stereocenters. The highest BCUT2D eigenvalue weighted by Crippen LogP contribution is 2.52. The summed E-state index contributed by atoms with van der Waals surface area (Å²) in [6, 6.07) is 13.6. The molecule has 216 valence electrons. The lowest BCUT2D eigenvalue weighted by atomic mass is 9.72. The number of nitrogens with zero attached hydrogens (tertiary/aromatic N) is 1. The van der Waals surface area contributed by atoms with E-state index in [1.54, 1.807) is 0 Å². The van der Waals surface area contributed by atoms with E-state index in [2.05, 4.69) is 61.1 Å². The summed E-state index contributed by atoms with van der Waals surface area (Å²) in [5.41, 5.74) is 4.44. The van der Waals surface area contributed by atoms with Crippen LogP contribution in [0, 0.1) is 5.41 Å². The summed E-state index contributed by atoms with van der Waals surface area (Å²) in [5, 5.41) is 16.0. The summed E-state index contributed by atoms with van der Waals surface area (Å²) in [7, 11) is -0.539. The second kappa shape index (κ2) is 11.0. The fourth-order valence-corrected chi connectivity index (χ4v) is 8.04. The zero-order valence-electron chi connectivity index (χ0n) is 23.4. The van der Waals surface area contributed by atoms with Crippen molar-refractivity contribution in [3.8, 4) is 16.9 Å². The molecule has 0 bridgehead atoms. The molecule has 0 spiro atoms. The van der Waals surface area contributed by atoms with Gasteiger partial charge in [-0.3, -0.25) is 4.98 Å². The van der Waals surface area contributed by atoms with Gasteiger partial charge in [0, 0.05) is 22.7 Å². The zero-order chi connectivity index (χ0) is 28.8. The molecule has 0 radical (unpaired) electrons. The number of fused-ring (bicyclic) bond motifs is 1. The highest BCUT2D eigenvalue weighted by molar-refractivity contribution is 8.22. The van der Waals surface area contributed by atoms with Crippen LogP contribution in [0.3, 0.4) is 0 Å². The normalized spacial score (nSPS) is 20.9. The van der Waals surface area contributed by atoms with Crippen LogP contribution in [-0.2, 0) is 19.2 Å². The number of pyridine rings is 1. The summed E-state index contributed by atoms with van der Waals surface area (Å²) in [6.45, 7) is 4.46. The maximum Gasteiger partial charge on any atom is 0.416 e. The van der Waals surface area contributed by atoms with E-state index in [0.717, 1.165) is 72.3 Å². The molecule has 1 aromatic heterocycles. The third-order valence-corrected chi connectivity index (χ3v) is 10.3. The lowest BCUT2D eigenvalue weighted by Gasteiger charge is -2.37. The fraction of sp³-hybridized carbons (Fsp3) is 0.382. The Labute approximate surface area is 242 Å². The van der Waals surface area contributed by atoms with E-state index in [4.69, 9.17) is 9.72 Å². The van der Waals surface area contributed by atoms with Crippen LogP contribution in [0.5, 0.6) is 5.75 Å². The minimum atomic E-state index is -4.38. The number of alkyl halides is 3. The molecule has 6 rings (SSSR count). The minimum Gasteiger partial charge on any atom is -0.486 e. The maximum atomic E-state index is 13.2. The van der Waals surface area contributed by atoms with E-state index in [1.165, 1.54) is 17.0 Å². The predicted molar refractivity (Wildman–Crippen MR) is 159 cm³/mol. The summed E-state index contributed by atoms with van der Waals surface area (Å²) in [5.74, 6) is 0.911. The van der Waals surface area contributed by atoms with Crippen molar-refractivity contribution in [2.45, 2.75) is 82.1 Å². The van der Waals surface area contributed by atoms with E-state index >= 15 is 0 Å². The van der Waals surface area contributed by atoms with Crippen LogP contribution < -0.4 is 4.74 Å². The van der Waals surface area contributed by atoms with Gasteiger partial charge < -0.3 is 9.84 Å². The molecule has 1 N–H and O–H groups in total. The van der Waals surface area contributed by atoms with Crippen molar-refractivity contribution < 1.29 is 23.0 Å². The van der Waals surface area contributed by atoms with Crippen LogP contribution in [0.4, 0.5) is 13.2 Å². The predicted octanol–water partition coefficient (Wildman–Crippen LogP) is 9.41. The molecule has 1 fully saturated rings. The molecule has 1 atom stereocenters. The van der Waals surface area contributed by atoms with Crippen LogP contribution >= 0.6 is 10.9 Å². The van der Waals surface area contributed by atoms with Gasteiger partial charge in [0.05, 0.1) is 17.4 Å². The Hall–Kier alpha value is -3.03. The van der Waals surface area contributed by atoms with E-state index in [-0.39, 0.29) is 17.9 Å². The topological polar surface area (TPSA) is 42.4 Å². The van der Waals surface area contributed by atoms with E-state index in [9.17, 15) is 18.3 Å². The number of hydrogen-bond acceptors (Lipinski definition) is 3.